The number of fused-ring (bicyclic) bond motifs is 1. The SMILES string of the molecule is CCNc1nc(CCC(C)C)nc2sc(C)c(C)c12. The van der Waals surface area contributed by atoms with Gasteiger partial charge in [0.25, 0.3) is 0 Å². The maximum Gasteiger partial charge on any atom is 0.138 e. The first-order valence-corrected chi connectivity index (χ1v) is 7.85. The van der Waals surface area contributed by atoms with E-state index in [4.69, 9.17) is 9.97 Å². The van der Waals surface area contributed by atoms with Gasteiger partial charge in [0.2, 0.25) is 0 Å². The molecule has 0 unspecified atom stereocenters. The number of hydrogen-bond donors (Lipinski definition) is 1. The topological polar surface area (TPSA) is 37.8 Å². The molecule has 3 nitrogen and oxygen atoms in total. The standard InChI is InChI=1S/C15H23N3S/c1-6-16-14-13-10(4)11(5)19-15(13)18-12(17-14)8-7-9(2)3/h9H,6-8H2,1-5H3,(H,16,17,18). The van der Waals surface area contributed by atoms with Crippen LogP contribution in [0.2, 0.25) is 0 Å². The molecule has 0 atom stereocenters. The summed E-state index contributed by atoms with van der Waals surface area (Å²) in [6, 6.07) is 0. The zero-order valence-electron chi connectivity index (χ0n) is 12.5. The highest BCUT2D eigenvalue weighted by Crippen LogP contribution is 2.33. The fraction of sp³-hybridized carbons (Fsp3) is 0.600. The molecular weight excluding hydrogens is 254 g/mol. The minimum atomic E-state index is 0.689. The Bertz CT molecular complexity index is 572. The van der Waals surface area contributed by atoms with Crippen LogP contribution in [0.5, 0.6) is 0 Å². The lowest BCUT2D eigenvalue weighted by Gasteiger charge is -2.09. The van der Waals surface area contributed by atoms with Crippen LogP contribution in [0, 0.1) is 19.8 Å². The third-order valence-electron chi connectivity index (χ3n) is 3.36. The average molecular weight is 277 g/mol. The molecule has 1 N–H and O–H groups in total. The summed E-state index contributed by atoms with van der Waals surface area (Å²) in [4.78, 5) is 11.9. The maximum atomic E-state index is 4.74. The predicted molar refractivity (Wildman–Crippen MR) is 84.2 cm³/mol. The molecule has 0 saturated heterocycles. The van der Waals surface area contributed by atoms with Gasteiger partial charge in [-0.25, -0.2) is 9.97 Å². The number of aromatic nitrogens is 2. The maximum absolute atomic E-state index is 4.74. The number of hydrogen-bond acceptors (Lipinski definition) is 4. The first kappa shape index (κ1) is 14.3. The van der Waals surface area contributed by atoms with Crippen LogP contribution in [-0.4, -0.2) is 16.5 Å². The van der Waals surface area contributed by atoms with Gasteiger partial charge in [-0.2, -0.15) is 0 Å². The van der Waals surface area contributed by atoms with E-state index in [2.05, 4.69) is 39.9 Å². The Morgan fingerprint density at radius 3 is 2.58 bits per heavy atom. The summed E-state index contributed by atoms with van der Waals surface area (Å²) in [6.45, 7) is 11.8. The molecule has 2 heterocycles. The lowest BCUT2D eigenvalue weighted by atomic mass is 10.1. The van der Waals surface area contributed by atoms with Crippen LogP contribution >= 0.6 is 11.3 Å². The zero-order valence-corrected chi connectivity index (χ0v) is 13.3. The number of rotatable bonds is 5. The first-order valence-electron chi connectivity index (χ1n) is 7.03. The molecule has 0 aliphatic rings. The molecule has 104 valence electrons. The Labute approximate surface area is 119 Å². The molecular formula is C15H23N3S. The van der Waals surface area contributed by atoms with Crippen molar-refractivity contribution in [1.82, 2.24) is 9.97 Å². The van der Waals surface area contributed by atoms with Gasteiger partial charge in [0.05, 0.1) is 5.39 Å². The monoisotopic (exact) mass is 277 g/mol. The van der Waals surface area contributed by atoms with Crippen molar-refractivity contribution in [2.24, 2.45) is 5.92 Å². The molecule has 0 amide bonds. The molecule has 2 rings (SSSR count). The second-order valence-corrected chi connectivity index (χ2v) is 6.62. The number of nitrogens with zero attached hydrogens (tertiary/aromatic N) is 2. The van der Waals surface area contributed by atoms with Crippen LogP contribution in [0.3, 0.4) is 0 Å². The van der Waals surface area contributed by atoms with Crippen LogP contribution < -0.4 is 5.32 Å². The van der Waals surface area contributed by atoms with Crippen LogP contribution in [0.4, 0.5) is 5.82 Å². The number of thiophene rings is 1. The second kappa shape index (κ2) is 5.87. The highest BCUT2D eigenvalue weighted by Gasteiger charge is 2.14. The largest absolute Gasteiger partial charge is 0.370 e. The summed E-state index contributed by atoms with van der Waals surface area (Å²) in [6.07, 6.45) is 2.10. The van der Waals surface area contributed by atoms with Crippen molar-refractivity contribution in [2.45, 2.75) is 47.5 Å². The summed E-state index contributed by atoms with van der Waals surface area (Å²) in [5, 5.41) is 4.59. The summed E-state index contributed by atoms with van der Waals surface area (Å²) in [5.41, 5.74) is 1.31. The van der Waals surface area contributed by atoms with Crippen molar-refractivity contribution in [2.75, 3.05) is 11.9 Å². The summed E-state index contributed by atoms with van der Waals surface area (Å²) < 4.78 is 0. The third-order valence-corrected chi connectivity index (χ3v) is 4.47. The van der Waals surface area contributed by atoms with Gasteiger partial charge in [-0.15, -0.1) is 11.3 Å². The van der Waals surface area contributed by atoms with E-state index in [0.29, 0.717) is 5.92 Å². The molecule has 0 bridgehead atoms. The number of aryl methyl sites for hydroxylation is 3. The Kier molecular flexibility index (Phi) is 4.40. The Morgan fingerprint density at radius 1 is 1.21 bits per heavy atom. The van der Waals surface area contributed by atoms with E-state index in [1.807, 2.05) is 0 Å². The van der Waals surface area contributed by atoms with Gasteiger partial charge in [-0.05, 0) is 38.7 Å². The van der Waals surface area contributed by atoms with Gasteiger partial charge in [0.15, 0.2) is 0 Å². The van der Waals surface area contributed by atoms with E-state index in [0.717, 1.165) is 35.9 Å². The van der Waals surface area contributed by atoms with E-state index in [9.17, 15) is 0 Å². The van der Waals surface area contributed by atoms with Crippen molar-refractivity contribution in [1.29, 1.82) is 0 Å². The molecule has 0 radical (unpaired) electrons. The smallest absolute Gasteiger partial charge is 0.138 e. The molecule has 0 spiro atoms. The molecule has 19 heavy (non-hydrogen) atoms. The lowest BCUT2D eigenvalue weighted by molar-refractivity contribution is 0.576. The van der Waals surface area contributed by atoms with Crippen molar-refractivity contribution < 1.29 is 0 Å². The minimum Gasteiger partial charge on any atom is -0.370 e. The fourth-order valence-corrected chi connectivity index (χ4v) is 3.17. The fourth-order valence-electron chi connectivity index (χ4n) is 2.12. The third kappa shape index (κ3) is 3.06. The summed E-state index contributed by atoms with van der Waals surface area (Å²) >= 11 is 1.78. The molecule has 0 saturated carbocycles. The van der Waals surface area contributed by atoms with Crippen molar-refractivity contribution >= 4 is 27.4 Å². The van der Waals surface area contributed by atoms with Gasteiger partial charge in [-0.1, -0.05) is 13.8 Å². The predicted octanol–water partition coefficient (Wildman–Crippen LogP) is 4.33. The highest BCUT2D eigenvalue weighted by molar-refractivity contribution is 7.18. The minimum absolute atomic E-state index is 0.689. The molecule has 2 aromatic rings. The van der Waals surface area contributed by atoms with Crippen molar-refractivity contribution in [3.05, 3.63) is 16.3 Å². The van der Waals surface area contributed by atoms with E-state index >= 15 is 0 Å². The summed E-state index contributed by atoms with van der Waals surface area (Å²) in [7, 11) is 0. The number of anilines is 1. The first-order chi connectivity index (χ1) is 9.02. The van der Waals surface area contributed by atoms with E-state index < -0.39 is 0 Å². The van der Waals surface area contributed by atoms with Gasteiger partial charge < -0.3 is 5.32 Å². The molecule has 0 aromatic carbocycles. The van der Waals surface area contributed by atoms with Crippen molar-refractivity contribution in [3.8, 4) is 0 Å². The van der Waals surface area contributed by atoms with Crippen LogP contribution in [-0.2, 0) is 6.42 Å². The average Bonchev–Trinajstić information content (AvgIpc) is 2.63. The highest BCUT2D eigenvalue weighted by atomic mass is 32.1. The van der Waals surface area contributed by atoms with Gasteiger partial charge in [-0.3, -0.25) is 0 Å². The quantitative estimate of drug-likeness (QED) is 0.884. The van der Waals surface area contributed by atoms with Crippen LogP contribution in [0.25, 0.3) is 10.2 Å². The summed E-state index contributed by atoms with van der Waals surface area (Å²) in [5.74, 6) is 2.67. The van der Waals surface area contributed by atoms with Gasteiger partial charge in [0.1, 0.15) is 16.5 Å². The van der Waals surface area contributed by atoms with E-state index in [-0.39, 0.29) is 0 Å². The Hall–Kier alpha value is -1.16. The number of nitrogens with one attached hydrogen (secondary N) is 1. The normalized spacial score (nSPS) is 11.5. The van der Waals surface area contributed by atoms with E-state index in [1.54, 1.807) is 11.3 Å². The van der Waals surface area contributed by atoms with Crippen molar-refractivity contribution in [3.63, 3.8) is 0 Å². The van der Waals surface area contributed by atoms with Crippen LogP contribution in [0.15, 0.2) is 0 Å². The lowest BCUT2D eigenvalue weighted by Crippen LogP contribution is -2.05. The molecule has 0 fully saturated rings. The zero-order chi connectivity index (χ0) is 14.0. The van der Waals surface area contributed by atoms with Gasteiger partial charge >= 0.3 is 0 Å². The van der Waals surface area contributed by atoms with Gasteiger partial charge in [0, 0.05) is 17.8 Å². The molecule has 2 aromatic heterocycles. The Morgan fingerprint density at radius 2 is 1.95 bits per heavy atom. The molecule has 4 heteroatoms. The molecule has 0 aliphatic heterocycles. The Balaban J connectivity index is 2.45. The van der Waals surface area contributed by atoms with E-state index in [1.165, 1.54) is 15.8 Å². The van der Waals surface area contributed by atoms with Crippen LogP contribution in [0.1, 0.15) is 43.5 Å². The second-order valence-electron chi connectivity index (χ2n) is 5.41. The molecule has 0 aliphatic carbocycles.